The molecule has 4 heterocycles. The fourth-order valence-electron chi connectivity index (χ4n) is 4.59. The summed E-state index contributed by atoms with van der Waals surface area (Å²) in [5.41, 5.74) is 12.2. The minimum atomic E-state index is -0.750. The number of ether oxygens (including phenoxy) is 1. The molecule has 3 atom stereocenters. The van der Waals surface area contributed by atoms with E-state index in [-0.39, 0.29) is 34.7 Å². The van der Waals surface area contributed by atoms with Crippen molar-refractivity contribution in [3.63, 3.8) is 0 Å². The van der Waals surface area contributed by atoms with Crippen molar-refractivity contribution in [2.45, 2.75) is 18.2 Å². The van der Waals surface area contributed by atoms with Crippen LogP contribution in [0.1, 0.15) is 10.4 Å². The quantitative estimate of drug-likeness (QED) is 0.215. The highest BCUT2D eigenvalue weighted by atomic mass is 32.1. The molecule has 184 valence electrons. The second kappa shape index (κ2) is 9.15. The molecule has 0 radical (unpaired) electrons. The SMILES string of the molecule is C[N+]1([O-])CCN(c2nc(-c3ccc(C(=O)NN4CC(N=[N+]=[N-])C5OCC(=O)C54)cc3F)cs2)CC1. The number of halogens is 1. The highest BCUT2D eigenvalue weighted by Gasteiger charge is 2.51. The van der Waals surface area contributed by atoms with E-state index < -0.39 is 29.9 Å². The zero-order valence-corrected chi connectivity index (χ0v) is 19.7. The van der Waals surface area contributed by atoms with Gasteiger partial charge in [0.2, 0.25) is 0 Å². The molecule has 5 rings (SSSR count). The lowest BCUT2D eigenvalue weighted by atomic mass is 10.1. The molecule has 1 aromatic carbocycles. The first-order valence-corrected chi connectivity index (χ1v) is 12.0. The number of amides is 1. The highest BCUT2D eigenvalue weighted by molar-refractivity contribution is 7.14. The molecule has 3 aliphatic heterocycles. The van der Waals surface area contributed by atoms with Crippen molar-refractivity contribution in [1.82, 2.24) is 15.4 Å². The summed E-state index contributed by atoms with van der Waals surface area (Å²) in [6.45, 7) is 2.09. The number of thiazole rings is 1. The Balaban J connectivity index is 1.28. The van der Waals surface area contributed by atoms with Gasteiger partial charge in [-0.15, -0.1) is 11.3 Å². The van der Waals surface area contributed by atoms with Crippen molar-refractivity contribution in [2.24, 2.45) is 5.11 Å². The van der Waals surface area contributed by atoms with Crippen LogP contribution in [0.4, 0.5) is 9.52 Å². The standard InChI is InChI=1S/C21H23FN8O4S/c1-30(33)6-4-28(5-7-30)21-24-16(11-35-21)13-3-2-12(8-14(13)22)20(32)26-29-9-15(25-27-23)19-18(29)17(31)10-34-19/h2-3,8,11,15,18-19H,4-7,9-10H2,1H3,(H,26,32). The van der Waals surface area contributed by atoms with Crippen LogP contribution in [0.3, 0.4) is 0 Å². The number of rotatable bonds is 5. The van der Waals surface area contributed by atoms with Crippen LogP contribution in [0.15, 0.2) is 28.7 Å². The molecule has 3 fully saturated rings. The van der Waals surface area contributed by atoms with E-state index in [9.17, 15) is 19.2 Å². The number of fused-ring (bicyclic) bond motifs is 1. The Morgan fingerprint density at radius 1 is 1.43 bits per heavy atom. The normalized spacial score (nSPS) is 25.9. The number of nitrogens with one attached hydrogen (secondary N) is 1. The lowest BCUT2D eigenvalue weighted by molar-refractivity contribution is -0.861. The Kier molecular flexibility index (Phi) is 6.17. The summed E-state index contributed by atoms with van der Waals surface area (Å²) < 4.78 is 20.1. The summed E-state index contributed by atoms with van der Waals surface area (Å²) in [6.07, 6.45) is -0.627. The number of Topliss-reactive ketones (excluding diaryl/α,β-unsaturated/α-hetero) is 1. The van der Waals surface area contributed by atoms with E-state index in [1.54, 1.807) is 12.4 Å². The van der Waals surface area contributed by atoms with Crippen LogP contribution in [-0.2, 0) is 9.53 Å². The van der Waals surface area contributed by atoms with Gasteiger partial charge in [0.15, 0.2) is 10.9 Å². The van der Waals surface area contributed by atoms with Gasteiger partial charge in [0, 0.05) is 28.0 Å². The molecule has 0 aliphatic carbocycles. The summed E-state index contributed by atoms with van der Waals surface area (Å²) in [7, 11) is 1.65. The third-order valence-corrected chi connectivity index (χ3v) is 7.46. The molecule has 14 heteroatoms. The second-order valence-electron chi connectivity index (χ2n) is 8.99. The van der Waals surface area contributed by atoms with E-state index in [4.69, 9.17) is 10.3 Å². The van der Waals surface area contributed by atoms with E-state index in [0.29, 0.717) is 31.9 Å². The summed E-state index contributed by atoms with van der Waals surface area (Å²) in [5, 5.41) is 19.6. The van der Waals surface area contributed by atoms with Gasteiger partial charge in [-0.1, -0.05) is 5.11 Å². The fourth-order valence-corrected chi connectivity index (χ4v) is 5.46. The number of hydrogen-bond acceptors (Lipinski definition) is 9. The molecule has 12 nitrogen and oxygen atoms in total. The molecule has 1 N–H and O–H groups in total. The average molecular weight is 503 g/mol. The van der Waals surface area contributed by atoms with Crippen LogP contribution >= 0.6 is 11.3 Å². The van der Waals surface area contributed by atoms with Gasteiger partial charge >= 0.3 is 0 Å². The third kappa shape index (κ3) is 4.59. The van der Waals surface area contributed by atoms with Crippen molar-refractivity contribution in [2.75, 3.05) is 51.3 Å². The van der Waals surface area contributed by atoms with E-state index in [1.807, 2.05) is 4.90 Å². The lowest BCUT2D eigenvalue weighted by Crippen LogP contribution is -2.53. The predicted octanol–water partition coefficient (Wildman–Crippen LogP) is 1.69. The molecular formula is C21H23FN8O4S. The Labute approximate surface area is 203 Å². The van der Waals surface area contributed by atoms with Crippen molar-refractivity contribution in [1.29, 1.82) is 0 Å². The van der Waals surface area contributed by atoms with Crippen LogP contribution < -0.4 is 10.3 Å². The van der Waals surface area contributed by atoms with Gasteiger partial charge in [0.25, 0.3) is 5.91 Å². The Morgan fingerprint density at radius 3 is 2.91 bits per heavy atom. The zero-order chi connectivity index (χ0) is 24.7. The molecule has 0 saturated carbocycles. The molecule has 0 bridgehead atoms. The van der Waals surface area contributed by atoms with Gasteiger partial charge in [0.05, 0.1) is 51.1 Å². The van der Waals surface area contributed by atoms with Gasteiger partial charge in [-0.25, -0.2) is 14.4 Å². The third-order valence-electron chi connectivity index (χ3n) is 6.56. The second-order valence-corrected chi connectivity index (χ2v) is 9.83. The molecule has 2 aromatic rings. The minimum absolute atomic E-state index is 0.0698. The molecule has 3 aliphatic rings. The first-order chi connectivity index (χ1) is 16.8. The number of ketones is 1. The Bertz CT molecular complexity index is 1210. The van der Waals surface area contributed by atoms with E-state index >= 15 is 0 Å². The van der Waals surface area contributed by atoms with E-state index in [2.05, 4.69) is 20.4 Å². The molecular weight excluding hydrogens is 479 g/mol. The number of hydrazine groups is 1. The number of hydroxylamine groups is 3. The van der Waals surface area contributed by atoms with Gasteiger partial charge in [0.1, 0.15) is 18.5 Å². The van der Waals surface area contributed by atoms with Crippen LogP contribution in [-0.4, -0.2) is 90.9 Å². The van der Waals surface area contributed by atoms with E-state index in [0.717, 1.165) is 11.2 Å². The number of aromatic nitrogens is 1. The van der Waals surface area contributed by atoms with Crippen LogP contribution in [0.2, 0.25) is 0 Å². The van der Waals surface area contributed by atoms with Crippen molar-refractivity contribution in [3.05, 3.63) is 50.6 Å². The summed E-state index contributed by atoms with van der Waals surface area (Å²) in [6, 6.07) is 2.73. The average Bonchev–Trinajstić information content (AvgIpc) is 3.53. The Hall–Kier alpha value is -3.13. The summed E-state index contributed by atoms with van der Waals surface area (Å²) >= 11 is 1.38. The van der Waals surface area contributed by atoms with Gasteiger partial charge in [-0.2, -0.15) is 0 Å². The number of quaternary nitrogens is 1. The number of carbonyl (C=O) groups excluding carboxylic acids is 2. The van der Waals surface area contributed by atoms with Crippen LogP contribution in [0, 0.1) is 11.0 Å². The molecule has 0 spiro atoms. The predicted molar refractivity (Wildman–Crippen MR) is 125 cm³/mol. The van der Waals surface area contributed by atoms with Crippen molar-refractivity contribution in [3.8, 4) is 11.3 Å². The summed E-state index contributed by atoms with van der Waals surface area (Å²) in [4.78, 5) is 34.3. The molecule has 3 saturated heterocycles. The van der Waals surface area contributed by atoms with Crippen LogP contribution in [0.5, 0.6) is 0 Å². The highest BCUT2D eigenvalue weighted by Crippen LogP contribution is 2.31. The number of anilines is 1. The Morgan fingerprint density at radius 2 is 2.20 bits per heavy atom. The van der Waals surface area contributed by atoms with Crippen molar-refractivity contribution < 1.29 is 23.4 Å². The van der Waals surface area contributed by atoms with Gasteiger partial charge < -0.3 is 19.5 Å². The lowest BCUT2D eigenvalue weighted by Gasteiger charge is -2.45. The number of hydrogen-bond donors (Lipinski definition) is 1. The zero-order valence-electron chi connectivity index (χ0n) is 18.8. The first-order valence-electron chi connectivity index (χ1n) is 11.1. The number of benzene rings is 1. The molecule has 3 unspecified atom stereocenters. The van der Waals surface area contributed by atoms with Gasteiger partial charge in [-0.3, -0.25) is 15.0 Å². The number of nitrogens with zero attached hydrogens (tertiary/aromatic N) is 7. The van der Waals surface area contributed by atoms with Crippen LogP contribution in [0.25, 0.3) is 21.7 Å². The molecule has 1 amide bonds. The maximum absolute atomic E-state index is 15.0. The largest absolute Gasteiger partial charge is 0.633 e. The molecule has 1 aromatic heterocycles. The number of likely N-dealkylation sites (N-methyl/N-ethyl adjacent to an activating group) is 1. The fraction of sp³-hybridized carbons (Fsp3) is 0.476. The topological polar surface area (TPSA) is 147 Å². The molecule has 35 heavy (non-hydrogen) atoms. The monoisotopic (exact) mass is 502 g/mol. The number of azide groups is 1. The number of carbonyl (C=O) groups is 2. The number of piperazine rings is 1. The maximum Gasteiger partial charge on any atom is 0.265 e. The minimum Gasteiger partial charge on any atom is -0.633 e. The van der Waals surface area contributed by atoms with E-state index in [1.165, 1.54) is 28.5 Å². The van der Waals surface area contributed by atoms with Gasteiger partial charge in [-0.05, 0) is 23.7 Å². The maximum atomic E-state index is 15.0. The summed E-state index contributed by atoms with van der Waals surface area (Å²) in [5.74, 6) is -1.43. The van der Waals surface area contributed by atoms with Crippen molar-refractivity contribution >= 4 is 28.2 Å². The first kappa shape index (κ1) is 23.6. The smallest absolute Gasteiger partial charge is 0.265 e.